The molecule has 0 spiro atoms. The normalized spacial score (nSPS) is 14.2. The maximum absolute atomic E-state index is 12.8. The van der Waals surface area contributed by atoms with Crippen LogP contribution in [0.15, 0.2) is 82.9 Å². The Morgan fingerprint density at radius 1 is 0.939 bits per heavy atom. The maximum atomic E-state index is 12.8. The summed E-state index contributed by atoms with van der Waals surface area (Å²) in [5.41, 5.74) is 2.67. The predicted octanol–water partition coefficient (Wildman–Crippen LogP) is 4.19. The van der Waals surface area contributed by atoms with E-state index in [2.05, 4.69) is 0 Å². The number of piperazine rings is 1. The topological polar surface area (TPSA) is 71.6 Å². The number of carbonyl (C=O) groups is 2. The fraction of sp³-hybridized carbons (Fsp3) is 0.160. The van der Waals surface area contributed by atoms with Crippen molar-refractivity contribution in [3.63, 3.8) is 0 Å². The lowest BCUT2D eigenvalue weighted by Gasteiger charge is -2.33. The van der Waals surface area contributed by atoms with Crippen molar-refractivity contribution in [3.05, 3.63) is 89.8 Å². The molecule has 1 saturated heterocycles. The first-order valence-electron chi connectivity index (χ1n) is 10.7. The summed E-state index contributed by atoms with van der Waals surface area (Å²) in [4.78, 5) is 29.8. The van der Waals surface area contributed by atoms with Crippen LogP contribution >= 0.6 is 11.3 Å². The second-order valence-electron chi connectivity index (χ2n) is 7.62. The number of thiophene rings is 1. The van der Waals surface area contributed by atoms with Crippen molar-refractivity contribution in [2.24, 2.45) is 0 Å². The van der Waals surface area contributed by atoms with E-state index in [9.17, 15) is 9.59 Å². The van der Waals surface area contributed by atoms with E-state index in [1.807, 2.05) is 64.8 Å². The minimum atomic E-state index is -0.142. The lowest BCUT2D eigenvalue weighted by Crippen LogP contribution is -2.50. The molecule has 0 aliphatic carbocycles. The largest absolute Gasteiger partial charge is 0.459 e. The molecule has 166 valence electrons. The third kappa shape index (κ3) is 4.51. The Labute approximate surface area is 195 Å². The van der Waals surface area contributed by atoms with Gasteiger partial charge in [-0.05, 0) is 41.8 Å². The van der Waals surface area contributed by atoms with Gasteiger partial charge in [0.1, 0.15) is 5.69 Å². The van der Waals surface area contributed by atoms with Crippen molar-refractivity contribution in [3.8, 4) is 16.3 Å². The van der Waals surface area contributed by atoms with E-state index in [-0.39, 0.29) is 11.8 Å². The van der Waals surface area contributed by atoms with Crippen LogP contribution in [0.2, 0.25) is 0 Å². The molecule has 3 aromatic heterocycles. The van der Waals surface area contributed by atoms with Crippen LogP contribution in [-0.2, 0) is 4.79 Å². The molecule has 1 aliphatic rings. The van der Waals surface area contributed by atoms with Gasteiger partial charge in [-0.15, -0.1) is 11.3 Å². The minimum absolute atomic E-state index is 0.0790. The summed E-state index contributed by atoms with van der Waals surface area (Å²) < 4.78 is 7.03. The number of rotatable bonds is 5. The molecule has 0 unspecified atom stereocenters. The van der Waals surface area contributed by atoms with Gasteiger partial charge in [0.25, 0.3) is 5.91 Å². The van der Waals surface area contributed by atoms with E-state index < -0.39 is 0 Å². The van der Waals surface area contributed by atoms with Crippen molar-refractivity contribution in [1.82, 2.24) is 19.6 Å². The molecule has 0 atom stereocenters. The van der Waals surface area contributed by atoms with E-state index in [0.29, 0.717) is 31.9 Å². The van der Waals surface area contributed by atoms with Crippen LogP contribution in [0, 0.1) is 0 Å². The highest BCUT2D eigenvalue weighted by atomic mass is 32.1. The van der Waals surface area contributed by atoms with E-state index in [1.165, 1.54) is 6.26 Å². The number of aromatic nitrogens is 2. The molecule has 8 heteroatoms. The number of hydrogen-bond acceptors (Lipinski definition) is 5. The van der Waals surface area contributed by atoms with Gasteiger partial charge in [0.15, 0.2) is 5.76 Å². The molecule has 1 fully saturated rings. The number of amides is 2. The van der Waals surface area contributed by atoms with Gasteiger partial charge >= 0.3 is 0 Å². The maximum Gasteiger partial charge on any atom is 0.289 e. The van der Waals surface area contributed by atoms with Gasteiger partial charge < -0.3 is 14.2 Å². The third-order valence-electron chi connectivity index (χ3n) is 5.53. The van der Waals surface area contributed by atoms with E-state index in [4.69, 9.17) is 9.52 Å². The lowest BCUT2D eigenvalue weighted by atomic mass is 10.2. The Balaban J connectivity index is 1.29. The molecule has 5 rings (SSSR count). The highest BCUT2D eigenvalue weighted by Crippen LogP contribution is 2.28. The third-order valence-corrected chi connectivity index (χ3v) is 6.41. The first-order valence-corrected chi connectivity index (χ1v) is 11.6. The zero-order valence-corrected chi connectivity index (χ0v) is 18.6. The Bertz CT molecular complexity index is 1250. The van der Waals surface area contributed by atoms with Crippen molar-refractivity contribution in [1.29, 1.82) is 0 Å². The number of hydrogen-bond donors (Lipinski definition) is 0. The molecule has 0 saturated carbocycles. The van der Waals surface area contributed by atoms with E-state index in [0.717, 1.165) is 21.8 Å². The van der Waals surface area contributed by atoms with Gasteiger partial charge in [-0.25, -0.2) is 4.68 Å². The van der Waals surface area contributed by atoms with Crippen LogP contribution in [0.25, 0.3) is 22.3 Å². The Morgan fingerprint density at radius 2 is 1.73 bits per heavy atom. The summed E-state index contributed by atoms with van der Waals surface area (Å²) in [5, 5.41) is 6.78. The first-order chi connectivity index (χ1) is 16.2. The molecular formula is C25H22N4O3S. The van der Waals surface area contributed by atoms with Crippen molar-refractivity contribution in [2.45, 2.75) is 0 Å². The highest BCUT2D eigenvalue weighted by Gasteiger charge is 2.25. The van der Waals surface area contributed by atoms with Crippen LogP contribution in [-0.4, -0.2) is 57.6 Å². The molecule has 4 heterocycles. The molecule has 0 bridgehead atoms. The van der Waals surface area contributed by atoms with Gasteiger partial charge in [-0.2, -0.15) is 5.10 Å². The predicted molar refractivity (Wildman–Crippen MR) is 127 cm³/mol. The Kier molecular flexibility index (Phi) is 5.91. The zero-order valence-electron chi connectivity index (χ0n) is 17.8. The molecule has 2 amide bonds. The SMILES string of the molecule is O=C(C=Cc1cn(-c2ccccc2)nc1-c1cccs1)N1CCN(C(=O)c2ccco2)CC1. The molecular weight excluding hydrogens is 436 g/mol. The molecule has 0 N–H and O–H groups in total. The summed E-state index contributed by atoms with van der Waals surface area (Å²) in [6, 6.07) is 17.3. The molecule has 4 aromatic rings. The lowest BCUT2D eigenvalue weighted by molar-refractivity contribution is -0.127. The van der Waals surface area contributed by atoms with Gasteiger partial charge in [-0.1, -0.05) is 24.3 Å². The number of benzene rings is 1. The van der Waals surface area contributed by atoms with Crippen molar-refractivity contribution >= 4 is 29.2 Å². The smallest absolute Gasteiger partial charge is 0.289 e. The summed E-state index contributed by atoms with van der Waals surface area (Å²) in [6.45, 7) is 1.92. The van der Waals surface area contributed by atoms with E-state index in [1.54, 1.807) is 39.3 Å². The van der Waals surface area contributed by atoms with Gasteiger partial charge in [-0.3, -0.25) is 9.59 Å². The number of furan rings is 1. The molecule has 0 radical (unpaired) electrons. The quantitative estimate of drug-likeness (QED) is 0.421. The van der Waals surface area contributed by atoms with Crippen LogP contribution in [0.3, 0.4) is 0 Å². The molecule has 1 aromatic carbocycles. The second kappa shape index (κ2) is 9.30. The molecule has 1 aliphatic heterocycles. The van der Waals surface area contributed by atoms with Gasteiger partial charge in [0.2, 0.25) is 5.91 Å². The summed E-state index contributed by atoms with van der Waals surface area (Å²) in [7, 11) is 0. The summed E-state index contributed by atoms with van der Waals surface area (Å²) in [6.07, 6.45) is 6.84. The fourth-order valence-electron chi connectivity index (χ4n) is 3.78. The van der Waals surface area contributed by atoms with Crippen LogP contribution < -0.4 is 0 Å². The Morgan fingerprint density at radius 3 is 2.42 bits per heavy atom. The second-order valence-corrected chi connectivity index (χ2v) is 8.57. The van der Waals surface area contributed by atoms with E-state index >= 15 is 0 Å². The summed E-state index contributed by atoms with van der Waals surface area (Å²) in [5.74, 6) is 0.104. The summed E-state index contributed by atoms with van der Waals surface area (Å²) >= 11 is 1.61. The number of nitrogens with zero attached hydrogens (tertiary/aromatic N) is 4. The average molecular weight is 459 g/mol. The van der Waals surface area contributed by atoms with Crippen LogP contribution in [0.1, 0.15) is 16.1 Å². The number of carbonyl (C=O) groups excluding carboxylic acids is 2. The fourth-order valence-corrected chi connectivity index (χ4v) is 4.51. The average Bonchev–Trinajstić information content (AvgIpc) is 3.64. The van der Waals surface area contributed by atoms with Gasteiger partial charge in [0, 0.05) is 44.0 Å². The first kappa shape index (κ1) is 21.0. The highest BCUT2D eigenvalue weighted by molar-refractivity contribution is 7.13. The van der Waals surface area contributed by atoms with Crippen molar-refractivity contribution in [2.75, 3.05) is 26.2 Å². The number of para-hydroxylation sites is 1. The minimum Gasteiger partial charge on any atom is -0.459 e. The van der Waals surface area contributed by atoms with Crippen LogP contribution in [0.4, 0.5) is 0 Å². The van der Waals surface area contributed by atoms with Gasteiger partial charge in [0.05, 0.1) is 16.8 Å². The standard InChI is InChI=1S/C25H22N4O3S/c30-23(27-12-14-28(15-13-27)25(31)21-8-4-16-32-21)11-10-19-18-29(20-6-2-1-3-7-20)26-24(19)22-9-5-17-33-22/h1-11,16-18H,12-15H2. The molecule has 7 nitrogen and oxygen atoms in total. The zero-order chi connectivity index (χ0) is 22.6. The van der Waals surface area contributed by atoms with Crippen LogP contribution in [0.5, 0.6) is 0 Å². The Hall–Kier alpha value is -3.91. The monoisotopic (exact) mass is 458 g/mol. The van der Waals surface area contributed by atoms with Crippen molar-refractivity contribution < 1.29 is 14.0 Å². The molecule has 33 heavy (non-hydrogen) atoms.